The lowest BCUT2D eigenvalue weighted by molar-refractivity contribution is 0.309. The minimum absolute atomic E-state index is 0.486. The molecule has 1 unspecified atom stereocenters. The predicted molar refractivity (Wildman–Crippen MR) is 75.7 cm³/mol. The van der Waals surface area contributed by atoms with Crippen molar-refractivity contribution >= 4 is 11.6 Å². The maximum absolute atomic E-state index is 6.10. The number of likely N-dealkylation sites (N-methyl/N-ethyl adjacent to an activating group) is 1. The largest absolute Gasteiger partial charge is 0.309 e. The Morgan fingerprint density at radius 2 is 2.12 bits per heavy atom. The van der Waals surface area contributed by atoms with Crippen LogP contribution >= 0.6 is 11.6 Å². The number of nitrogens with one attached hydrogen (secondary N) is 1. The second kappa shape index (κ2) is 7.00. The number of benzene rings is 1. The van der Waals surface area contributed by atoms with Crippen molar-refractivity contribution in [2.45, 2.75) is 33.4 Å². The van der Waals surface area contributed by atoms with E-state index in [-0.39, 0.29) is 0 Å². The van der Waals surface area contributed by atoms with E-state index < -0.39 is 0 Å². The first-order valence-electron chi connectivity index (χ1n) is 6.20. The Bertz CT molecular complexity index is 352. The molecule has 2 nitrogen and oxygen atoms in total. The Kier molecular flexibility index (Phi) is 5.96. The van der Waals surface area contributed by atoms with Gasteiger partial charge in [-0.3, -0.25) is 0 Å². The normalized spacial score (nSPS) is 13.1. The van der Waals surface area contributed by atoms with E-state index in [0.717, 1.165) is 30.2 Å². The molecule has 0 saturated heterocycles. The van der Waals surface area contributed by atoms with Crippen LogP contribution in [0, 0.1) is 6.92 Å². The van der Waals surface area contributed by atoms with Crippen LogP contribution < -0.4 is 5.32 Å². The number of aryl methyl sites for hydroxylation is 1. The highest BCUT2D eigenvalue weighted by molar-refractivity contribution is 6.31. The highest BCUT2D eigenvalue weighted by Crippen LogP contribution is 2.16. The summed E-state index contributed by atoms with van der Waals surface area (Å²) in [6.07, 6.45) is 0. The average molecular weight is 255 g/mol. The lowest BCUT2D eigenvalue weighted by Gasteiger charge is -2.20. The molecule has 1 atom stereocenters. The molecule has 0 heterocycles. The molecule has 1 rings (SSSR count). The molecule has 0 spiro atoms. The highest BCUT2D eigenvalue weighted by Gasteiger charge is 2.05. The lowest BCUT2D eigenvalue weighted by Crippen LogP contribution is -2.36. The van der Waals surface area contributed by atoms with Gasteiger partial charge in [0.1, 0.15) is 0 Å². The summed E-state index contributed by atoms with van der Waals surface area (Å²) < 4.78 is 0. The number of nitrogens with zero attached hydrogens (tertiary/aromatic N) is 1. The van der Waals surface area contributed by atoms with Crippen molar-refractivity contribution in [1.29, 1.82) is 0 Å². The molecule has 3 heteroatoms. The molecule has 1 aromatic carbocycles. The van der Waals surface area contributed by atoms with Crippen molar-refractivity contribution in [3.8, 4) is 0 Å². The predicted octanol–water partition coefficient (Wildman–Crippen LogP) is 3.08. The van der Waals surface area contributed by atoms with Gasteiger partial charge in [-0.25, -0.2) is 0 Å². The van der Waals surface area contributed by atoms with E-state index in [4.69, 9.17) is 11.6 Å². The minimum atomic E-state index is 0.486. The number of hydrogen-bond donors (Lipinski definition) is 1. The van der Waals surface area contributed by atoms with Gasteiger partial charge in [0.2, 0.25) is 0 Å². The lowest BCUT2D eigenvalue weighted by atomic mass is 10.1. The topological polar surface area (TPSA) is 15.3 Å². The van der Waals surface area contributed by atoms with Crippen LogP contribution in [0.25, 0.3) is 0 Å². The first-order chi connectivity index (χ1) is 8.02. The molecule has 17 heavy (non-hydrogen) atoms. The molecule has 0 aliphatic heterocycles. The molecule has 0 aliphatic carbocycles. The molecule has 1 N–H and O–H groups in total. The standard InChI is InChI=1S/C14H23ClN2/c1-5-17(4)10-12(3)16-9-13-7-6-11(2)14(15)8-13/h6-8,12,16H,5,9-10H2,1-4H3. The molecular formula is C14H23ClN2. The zero-order valence-electron chi connectivity index (χ0n) is 11.3. The van der Waals surface area contributed by atoms with Gasteiger partial charge < -0.3 is 10.2 Å². The monoisotopic (exact) mass is 254 g/mol. The minimum Gasteiger partial charge on any atom is -0.309 e. The van der Waals surface area contributed by atoms with Crippen molar-refractivity contribution in [3.63, 3.8) is 0 Å². The SMILES string of the molecule is CCN(C)CC(C)NCc1ccc(C)c(Cl)c1. The summed E-state index contributed by atoms with van der Waals surface area (Å²) in [5.41, 5.74) is 2.38. The summed E-state index contributed by atoms with van der Waals surface area (Å²) in [5, 5.41) is 4.36. The van der Waals surface area contributed by atoms with E-state index in [1.165, 1.54) is 5.56 Å². The molecule has 0 saturated carbocycles. The average Bonchev–Trinajstić information content (AvgIpc) is 2.30. The van der Waals surface area contributed by atoms with Gasteiger partial charge in [-0.1, -0.05) is 30.7 Å². The second-order valence-electron chi connectivity index (χ2n) is 4.72. The molecule has 1 aromatic rings. The van der Waals surface area contributed by atoms with Gasteiger partial charge in [-0.15, -0.1) is 0 Å². The summed E-state index contributed by atoms with van der Waals surface area (Å²) in [6, 6.07) is 6.73. The quantitative estimate of drug-likeness (QED) is 0.839. The van der Waals surface area contributed by atoms with Crippen molar-refractivity contribution in [1.82, 2.24) is 10.2 Å². The second-order valence-corrected chi connectivity index (χ2v) is 5.13. The number of halogens is 1. The molecule has 0 amide bonds. The van der Waals surface area contributed by atoms with Crippen molar-refractivity contribution < 1.29 is 0 Å². The highest BCUT2D eigenvalue weighted by atomic mass is 35.5. The Labute approximate surface area is 110 Å². The summed E-state index contributed by atoms with van der Waals surface area (Å²) in [4.78, 5) is 2.31. The smallest absolute Gasteiger partial charge is 0.0438 e. The van der Waals surface area contributed by atoms with Crippen LogP contribution in [0.5, 0.6) is 0 Å². The van der Waals surface area contributed by atoms with Crippen LogP contribution in [-0.4, -0.2) is 31.1 Å². The van der Waals surface area contributed by atoms with E-state index in [2.05, 4.69) is 43.2 Å². The van der Waals surface area contributed by atoms with Crippen LogP contribution in [0.1, 0.15) is 25.0 Å². The third-order valence-electron chi connectivity index (χ3n) is 3.02. The summed E-state index contributed by atoms with van der Waals surface area (Å²) in [5.74, 6) is 0. The molecule has 0 radical (unpaired) electrons. The zero-order valence-corrected chi connectivity index (χ0v) is 12.0. The van der Waals surface area contributed by atoms with Crippen molar-refractivity contribution in [2.75, 3.05) is 20.1 Å². The van der Waals surface area contributed by atoms with Crippen LogP contribution in [0.2, 0.25) is 5.02 Å². The van der Waals surface area contributed by atoms with Gasteiger partial charge in [0, 0.05) is 24.2 Å². The maximum Gasteiger partial charge on any atom is 0.0438 e. The van der Waals surface area contributed by atoms with Crippen LogP contribution in [-0.2, 0) is 6.54 Å². The molecule has 0 bridgehead atoms. The summed E-state index contributed by atoms with van der Waals surface area (Å²) in [6.45, 7) is 9.43. The van der Waals surface area contributed by atoms with Gasteiger partial charge in [-0.2, -0.15) is 0 Å². The van der Waals surface area contributed by atoms with Crippen LogP contribution in [0.4, 0.5) is 0 Å². The molecule has 0 aliphatic rings. The van der Waals surface area contributed by atoms with Gasteiger partial charge in [0.25, 0.3) is 0 Å². The third kappa shape index (κ3) is 5.07. The zero-order chi connectivity index (χ0) is 12.8. The van der Waals surface area contributed by atoms with Gasteiger partial charge >= 0.3 is 0 Å². The van der Waals surface area contributed by atoms with E-state index in [0.29, 0.717) is 6.04 Å². The Morgan fingerprint density at radius 3 is 2.71 bits per heavy atom. The number of rotatable bonds is 6. The fourth-order valence-electron chi connectivity index (χ4n) is 1.70. The Hall–Kier alpha value is -0.570. The van der Waals surface area contributed by atoms with Gasteiger partial charge in [0.15, 0.2) is 0 Å². The van der Waals surface area contributed by atoms with E-state index in [1.807, 2.05) is 13.0 Å². The number of hydrogen-bond acceptors (Lipinski definition) is 2. The van der Waals surface area contributed by atoms with E-state index in [1.54, 1.807) is 0 Å². The fourth-order valence-corrected chi connectivity index (χ4v) is 1.90. The van der Waals surface area contributed by atoms with Crippen molar-refractivity contribution in [2.24, 2.45) is 0 Å². The summed E-state index contributed by atoms with van der Waals surface area (Å²) in [7, 11) is 2.14. The third-order valence-corrected chi connectivity index (χ3v) is 3.42. The van der Waals surface area contributed by atoms with Crippen molar-refractivity contribution in [3.05, 3.63) is 34.3 Å². The Morgan fingerprint density at radius 1 is 1.41 bits per heavy atom. The van der Waals surface area contributed by atoms with Crippen LogP contribution in [0.3, 0.4) is 0 Å². The summed E-state index contributed by atoms with van der Waals surface area (Å²) >= 11 is 6.10. The fraction of sp³-hybridized carbons (Fsp3) is 0.571. The molecule has 0 aromatic heterocycles. The molecule has 0 fully saturated rings. The van der Waals surface area contributed by atoms with Gasteiger partial charge in [0.05, 0.1) is 0 Å². The first kappa shape index (κ1) is 14.5. The van der Waals surface area contributed by atoms with Gasteiger partial charge in [-0.05, 0) is 44.6 Å². The molecule has 96 valence electrons. The first-order valence-corrected chi connectivity index (χ1v) is 6.57. The maximum atomic E-state index is 6.10. The van der Waals surface area contributed by atoms with E-state index >= 15 is 0 Å². The molecular weight excluding hydrogens is 232 g/mol. The van der Waals surface area contributed by atoms with Crippen LogP contribution in [0.15, 0.2) is 18.2 Å². The Balaban J connectivity index is 2.42. The van der Waals surface area contributed by atoms with E-state index in [9.17, 15) is 0 Å².